The summed E-state index contributed by atoms with van der Waals surface area (Å²) < 4.78 is 11.3. The van der Waals surface area contributed by atoms with Crippen molar-refractivity contribution < 1.29 is 24.2 Å². The van der Waals surface area contributed by atoms with Gasteiger partial charge in [0.15, 0.2) is 11.5 Å². The van der Waals surface area contributed by atoms with E-state index in [1.54, 1.807) is 16.7 Å². The number of amides is 1. The largest absolute Gasteiger partial charge is 0.490 e. The molecule has 0 aromatic heterocycles. The summed E-state index contributed by atoms with van der Waals surface area (Å²) in [4.78, 5) is 26.2. The third kappa shape index (κ3) is 4.39. The van der Waals surface area contributed by atoms with E-state index in [0.717, 1.165) is 22.8 Å². The molecule has 0 unspecified atom stereocenters. The van der Waals surface area contributed by atoms with E-state index in [-0.39, 0.29) is 11.8 Å². The number of carbonyl (C=O) groups excluding carboxylic acids is 1. The number of fused-ring (bicyclic) bond motifs is 1. The standard InChI is InChI=1S/C18H23NO5S/c1-12-10-19(11-14(12)18(21)22)17(20)5-8-25-13-3-4-15-16(9-13)24-7-2-6-23-15/h3-4,9,12,14H,2,5-8,10-11H2,1H3,(H,21,22)/t12-,14-/m1/s1. The molecule has 7 heteroatoms. The van der Waals surface area contributed by atoms with Crippen LogP contribution < -0.4 is 9.47 Å². The van der Waals surface area contributed by atoms with E-state index in [4.69, 9.17) is 14.6 Å². The van der Waals surface area contributed by atoms with E-state index in [1.165, 1.54) is 0 Å². The van der Waals surface area contributed by atoms with Gasteiger partial charge in [-0.2, -0.15) is 0 Å². The second-order valence-electron chi connectivity index (χ2n) is 6.48. The molecule has 1 amide bonds. The molecule has 3 rings (SSSR count). The van der Waals surface area contributed by atoms with Crippen molar-refractivity contribution in [1.29, 1.82) is 0 Å². The number of hydrogen-bond acceptors (Lipinski definition) is 5. The number of carboxylic acids is 1. The molecular formula is C18H23NO5S. The number of ether oxygens (including phenoxy) is 2. The third-order valence-electron chi connectivity index (χ3n) is 4.59. The lowest BCUT2D eigenvalue weighted by atomic mass is 9.99. The van der Waals surface area contributed by atoms with Crippen LogP contribution in [0, 0.1) is 11.8 Å². The summed E-state index contributed by atoms with van der Waals surface area (Å²) in [5, 5.41) is 9.16. The smallest absolute Gasteiger partial charge is 0.308 e. The molecular weight excluding hydrogens is 342 g/mol. The van der Waals surface area contributed by atoms with E-state index in [0.29, 0.717) is 38.5 Å². The lowest BCUT2D eigenvalue weighted by Crippen LogP contribution is -2.30. The molecule has 2 aliphatic heterocycles. The lowest BCUT2D eigenvalue weighted by Gasteiger charge is -2.15. The predicted octanol–water partition coefficient (Wildman–Crippen LogP) is 2.51. The van der Waals surface area contributed by atoms with Crippen molar-refractivity contribution in [3.8, 4) is 11.5 Å². The summed E-state index contributed by atoms with van der Waals surface area (Å²) in [6.45, 7) is 4.06. The highest BCUT2D eigenvalue weighted by molar-refractivity contribution is 7.99. The lowest BCUT2D eigenvalue weighted by molar-refractivity contribution is -0.142. The van der Waals surface area contributed by atoms with Gasteiger partial charge < -0.3 is 19.5 Å². The van der Waals surface area contributed by atoms with Crippen molar-refractivity contribution in [1.82, 2.24) is 4.90 Å². The van der Waals surface area contributed by atoms with Crippen LogP contribution in [0.3, 0.4) is 0 Å². The molecule has 0 spiro atoms. The highest BCUT2D eigenvalue weighted by Crippen LogP contribution is 2.34. The molecule has 1 saturated heterocycles. The number of rotatable bonds is 5. The van der Waals surface area contributed by atoms with Gasteiger partial charge in [0.2, 0.25) is 5.91 Å². The minimum Gasteiger partial charge on any atom is -0.490 e. The first-order valence-electron chi connectivity index (χ1n) is 8.57. The van der Waals surface area contributed by atoms with E-state index in [1.807, 2.05) is 25.1 Å². The highest BCUT2D eigenvalue weighted by Gasteiger charge is 2.36. The molecule has 1 aromatic rings. The molecule has 6 nitrogen and oxygen atoms in total. The molecule has 2 atom stereocenters. The number of benzene rings is 1. The number of nitrogens with zero attached hydrogens (tertiary/aromatic N) is 1. The Bertz CT molecular complexity index is 650. The zero-order chi connectivity index (χ0) is 17.8. The summed E-state index contributed by atoms with van der Waals surface area (Å²) in [5.74, 6) is 0.951. The van der Waals surface area contributed by atoms with Crippen LogP contribution in [0.1, 0.15) is 19.8 Å². The molecule has 0 bridgehead atoms. The van der Waals surface area contributed by atoms with Gasteiger partial charge >= 0.3 is 5.97 Å². The van der Waals surface area contributed by atoms with Gasteiger partial charge in [-0.3, -0.25) is 9.59 Å². The Morgan fingerprint density at radius 3 is 2.72 bits per heavy atom. The molecule has 1 fully saturated rings. The van der Waals surface area contributed by atoms with Crippen molar-refractivity contribution in [3.05, 3.63) is 18.2 Å². The second-order valence-corrected chi connectivity index (χ2v) is 7.65. The summed E-state index contributed by atoms with van der Waals surface area (Å²) in [5.41, 5.74) is 0. The molecule has 1 aromatic carbocycles. The first-order chi connectivity index (χ1) is 12.0. The van der Waals surface area contributed by atoms with E-state index in [2.05, 4.69) is 0 Å². The maximum absolute atomic E-state index is 12.3. The Morgan fingerprint density at radius 2 is 2.00 bits per heavy atom. The van der Waals surface area contributed by atoms with Crippen LogP contribution in [0.4, 0.5) is 0 Å². The Kier molecular flexibility index (Phi) is 5.73. The fourth-order valence-corrected chi connectivity index (χ4v) is 4.01. The number of likely N-dealkylation sites (tertiary alicyclic amines) is 1. The van der Waals surface area contributed by atoms with Gasteiger partial charge in [-0.1, -0.05) is 6.92 Å². The average Bonchev–Trinajstić information content (AvgIpc) is 2.83. The number of aliphatic carboxylic acids is 1. The fraction of sp³-hybridized carbons (Fsp3) is 0.556. The third-order valence-corrected chi connectivity index (χ3v) is 5.58. The Labute approximate surface area is 151 Å². The van der Waals surface area contributed by atoms with Gasteiger partial charge in [0.05, 0.1) is 19.1 Å². The number of carbonyl (C=O) groups is 2. The first kappa shape index (κ1) is 17.9. The van der Waals surface area contributed by atoms with E-state index < -0.39 is 11.9 Å². The summed E-state index contributed by atoms with van der Waals surface area (Å²) >= 11 is 1.60. The van der Waals surface area contributed by atoms with Crippen LogP contribution in [0.25, 0.3) is 0 Å². The maximum atomic E-state index is 12.3. The SMILES string of the molecule is C[C@@H]1CN(C(=O)CCSc2ccc3c(c2)OCCCO3)C[C@H]1C(=O)O. The van der Waals surface area contributed by atoms with Crippen molar-refractivity contribution in [2.45, 2.75) is 24.7 Å². The zero-order valence-electron chi connectivity index (χ0n) is 14.3. The monoisotopic (exact) mass is 365 g/mol. The van der Waals surface area contributed by atoms with Gasteiger partial charge in [0, 0.05) is 36.6 Å². The second kappa shape index (κ2) is 7.99. The van der Waals surface area contributed by atoms with Crippen molar-refractivity contribution in [2.75, 3.05) is 32.1 Å². The van der Waals surface area contributed by atoms with Crippen molar-refractivity contribution in [3.63, 3.8) is 0 Å². The van der Waals surface area contributed by atoms with Crippen LogP contribution in [0.2, 0.25) is 0 Å². The Hall–Kier alpha value is -1.89. The van der Waals surface area contributed by atoms with Crippen LogP contribution in [-0.4, -0.2) is 53.9 Å². The minimum atomic E-state index is -0.815. The Balaban J connectivity index is 1.49. The minimum absolute atomic E-state index is 0.0100. The number of hydrogen-bond donors (Lipinski definition) is 1. The summed E-state index contributed by atoms with van der Waals surface area (Å²) in [7, 11) is 0. The predicted molar refractivity (Wildman–Crippen MR) is 94.3 cm³/mol. The molecule has 0 saturated carbocycles. The normalized spacial score (nSPS) is 22.5. The van der Waals surface area contributed by atoms with Crippen molar-refractivity contribution >= 4 is 23.6 Å². The molecule has 136 valence electrons. The van der Waals surface area contributed by atoms with Gasteiger partial charge in [-0.05, 0) is 24.1 Å². The molecule has 2 heterocycles. The van der Waals surface area contributed by atoms with Crippen LogP contribution >= 0.6 is 11.8 Å². The van der Waals surface area contributed by atoms with Gasteiger partial charge in [-0.25, -0.2) is 0 Å². The number of carboxylic acid groups (broad SMARTS) is 1. The average molecular weight is 365 g/mol. The number of thioether (sulfide) groups is 1. The van der Waals surface area contributed by atoms with E-state index in [9.17, 15) is 9.59 Å². The molecule has 2 aliphatic rings. The Morgan fingerprint density at radius 1 is 1.24 bits per heavy atom. The van der Waals surface area contributed by atoms with E-state index >= 15 is 0 Å². The fourth-order valence-electron chi connectivity index (χ4n) is 3.14. The first-order valence-corrected chi connectivity index (χ1v) is 9.56. The molecule has 1 N–H and O–H groups in total. The zero-order valence-corrected chi connectivity index (χ0v) is 15.1. The maximum Gasteiger partial charge on any atom is 0.308 e. The van der Waals surface area contributed by atoms with Crippen LogP contribution in [-0.2, 0) is 9.59 Å². The summed E-state index contributed by atoms with van der Waals surface area (Å²) in [6.07, 6.45) is 1.27. The quantitative estimate of drug-likeness (QED) is 0.808. The molecule has 0 radical (unpaired) electrons. The van der Waals surface area contributed by atoms with Gasteiger partial charge in [0.25, 0.3) is 0 Å². The van der Waals surface area contributed by atoms with Crippen molar-refractivity contribution in [2.24, 2.45) is 11.8 Å². The van der Waals surface area contributed by atoms with Gasteiger partial charge in [0.1, 0.15) is 0 Å². The highest BCUT2D eigenvalue weighted by atomic mass is 32.2. The molecule has 25 heavy (non-hydrogen) atoms. The van der Waals surface area contributed by atoms with Crippen LogP contribution in [0.15, 0.2) is 23.1 Å². The molecule has 0 aliphatic carbocycles. The topological polar surface area (TPSA) is 76.1 Å². The van der Waals surface area contributed by atoms with Crippen LogP contribution in [0.5, 0.6) is 11.5 Å². The van der Waals surface area contributed by atoms with Gasteiger partial charge in [-0.15, -0.1) is 11.8 Å². The summed E-state index contributed by atoms with van der Waals surface area (Å²) in [6, 6.07) is 5.83.